The Hall–Kier alpha value is -6.99. The first-order chi connectivity index (χ1) is 28.2. The van der Waals surface area contributed by atoms with Crippen LogP contribution in [0.3, 0.4) is 0 Å². The van der Waals surface area contributed by atoms with Crippen molar-refractivity contribution in [1.82, 2.24) is 15.0 Å². The van der Waals surface area contributed by atoms with Gasteiger partial charge in [-0.2, -0.15) is 0 Å². The summed E-state index contributed by atoms with van der Waals surface area (Å²) in [5, 5.41) is 9.62. The molecule has 0 saturated carbocycles. The van der Waals surface area contributed by atoms with Crippen LogP contribution in [0.1, 0.15) is 0 Å². The fourth-order valence-corrected chi connectivity index (χ4v) is 14.5. The van der Waals surface area contributed by atoms with Crippen molar-refractivity contribution in [1.29, 1.82) is 0 Å². The van der Waals surface area contributed by atoms with E-state index in [2.05, 4.69) is 176 Å². The second-order valence-corrected chi connectivity index (χ2v) is 19.2. The molecule has 0 unspecified atom stereocenters. The van der Waals surface area contributed by atoms with E-state index in [1.54, 1.807) is 0 Å². The van der Waals surface area contributed by atoms with E-state index in [-0.39, 0.29) is 0 Å². The molecule has 0 aliphatic rings. The van der Waals surface area contributed by atoms with Crippen LogP contribution in [0.25, 0.3) is 76.3 Å². The Morgan fingerprint density at radius 3 is 1.63 bits per heavy atom. The molecule has 11 rings (SSSR count). The summed E-state index contributed by atoms with van der Waals surface area (Å²) >= 11 is 1.81. The van der Waals surface area contributed by atoms with E-state index in [0.717, 1.165) is 38.6 Å². The maximum Gasteiger partial charge on any atom is 0.184 e. The Morgan fingerprint density at radius 1 is 0.368 bits per heavy atom. The van der Waals surface area contributed by atoms with Gasteiger partial charge < -0.3 is 4.42 Å². The lowest BCUT2D eigenvalue weighted by atomic mass is 10.1. The summed E-state index contributed by atoms with van der Waals surface area (Å²) in [7, 11) is -3.06. The van der Waals surface area contributed by atoms with E-state index in [0.29, 0.717) is 17.5 Å². The van der Waals surface area contributed by atoms with Crippen LogP contribution < -0.4 is 20.7 Å². The van der Waals surface area contributed by atoms with Gasteiger partial charge in [0.05, 0.1) is 0 Å². The molecule has 11 aromatic rings. The highest BCUT2D eigenvalue weighted by molar-refractivity contribution is 7.25. The summed E-state index contributed by atoms with van der Waals surface area (Å²) in [6.07, 6.45) is 0. The van der Waals surface area contributed by atoms with E-state index in [4.69, 9.17) is 19.4 Å². The molecule has 0 N–H and O–H groups in total. The van der Waals surface area contributed by atoms with Crippen molar-refractivity contribution >= 4 is 82.3 Å². The van der Waals surface area contributed by atoms with E-state index >= 15 is 0 Å². The lowest BCUT2D eigenvalue weighted by Gasteiger charge is -2.34. The molecule has 0 amide bonds. The van der Waals surface area contributed by atoms with Gasteiger partial charge in [-0.25, -0.2) is 15.0 Å². The molecule has 268 valence electrons. The number of fused-ring (bicyclic) bond motifs is 6. The van der Waals surface area contributed by atoms with Crippen molar-refractivity contribution in [2.45, 2.75) is 0 Å². The maximum atomic E-state index is 6.85. The number of benzene rings is 8. The zero-order valence-electron chi connectivity index (χ0n) is 30.7. The van der Waals surface area contributed by atoms with Crippen molar-refractivity contribution in [3.63, 3.8) is 0 Å². The minimum Gasteiger partial charge on any atom is -0.456 e. The predicted molar refractivity (Wildman–Crippen MR) is 240 cm³/mol. The summed E-state index contributed by atoms with van der Waals surface area (Å²) in [5.41, 5.74) is 4.63. The van der Waals surface area contributed by atoms with E-state index in [1.807, 2.05) is 35.6 Å². The normalized spacial score (nSPS) is 11.9. The molecule has 0 fully saturated rings. The summed E-state index contributed by atoms with van der Waals surface area (Å²) in [6.45, 7) is 0. The van der Waals surface area contributed by atoms with E-state index < -0.39 is 8.07 Å². The first-order valence-corrected chi connectivity index (χ1v) is 21.9. The third-order valence-electron chi connectivity index (χ3n) is 11.1. The van der Waals surface area contributed by atoms with Gasteiger partial charge in [-0.15, -0.1) is 11.3 Å². The van der Waals surface area contributed by atoms with Crippen molar-refractivity contribution in [2.24, 2.45) is 0 Å². The largest absolute Gasteiger partial charge is 0.456 e. The topological polar surface area (TPSA) is 51.8 Å². The number of aromatic nitrogens is 3. The smallest absolute Gasteiger partial charge is 0.184 e. The van der Waals surface area contributed by atoms with Crippen LogP contribution in [-0.4, -0.2) is 23.0 Å². The summed E-state index contributed by atoms with van der Waals surface area (Å²) in [6, 6.07) is 71.2. The van der Waals surface area contributed by atoms with Crippen molar-refractivity contribution in [2.75, 3.05) is 0 Å². The molecule has 3 aromatic heterocycles. The van der Waals surface area contributed by atoms with Crippen molar-refractivity contribution in [3.8, 4) is 34.2 Å². The highest BCUT2D eigenvalue weighted by Crippen LogP contribution is 2.36. The number of para-hydroxylation sites is 2. The average Bonchev–Trinajstić information content (AvgIpc) is 3.86. The zero-order valence-corrected chi connectivity index (χ0v) is 32.5. The Morgan fingerprint density at radius 2 is 0.895 bits per heavy atom. The fraction of sp³-hybridized carbons (Fsp3) is 0. The van der Waals surface area contributed by atoms with Crippen molar-refractivity contribution in [3.05, 3.63) is 200 Å². The van der Waals surface area contributed by atoms with E-state index in [9.17, 15) is 0 Å². The number of thiophene rings is 1. The number of rotatable bonds is 7. The van der Waals surface area contributed by atoms with Crippen LogP contribution in [0.15, 0.2) is 205 Å². The van der Waals surface area contributed by atoms with Gasteiger partial charge in [-0.1, -0.05) is 170 Å². The maximum absolute atomic E-state index is 6.85. The van der Waals surface area contributed by atoms with Gasteiger partial charge in [0.25, 0.3) is 0 Å². The summed E-state index contributed by atoms with van der Waals surface area (Å²) < 4.78 is 9.36. The van der Waals surface area contributed by atoms with Crippen LogP contribution in [-0.2, 0) is 0 Å². The molecule has 3 heterocycles. The van der Waals surface area contributed by atoms with Gasteiger partial charge >= 0.3 is 0 Å². The highest BCUT2D eigenvalue weighted by atomic mass is 32.1. The van der Waals surface area contributed by atoms with Crippen LogP contribution in [0.4, 0.5) is 0 Å². The summed E-state index contributed by atoms with van der Waals surface area (Å²) in [5.74, 6) is 1.91. The lowest BCUT2D eigenvalue weighted by molar-refractivity contribution is 0.671. The Kier molecular flexibility index (Phi) is 7.98. The molecular weight excluding hydrogens is 731 g/mol. The predicted octanol–water partition coefficient (Wildman–Crippen LogP) is 10.5. The van der Waals surface area contributed by atoms with Crippen molar-refractivity contribution < 1.29 is 4.42 Å². The van der Waals surface area contributed by atoms with Gasteiger partial charge in [0.2, 0.25) is 0 Å². The number of hydrogen-bond acceptors (Lipinski definition) is 5. The molecule has 0 aliphatic carbocycles. The Balaban J connectivity index is 1.17. The lowest BCUT2D eigenvalue weighted by Crippen LogP contribution is -2.74. The molecule has 0 saturated heterocycles. The Bertz CT molecular complexity index is 3210. The third-order valence-corrected chi connectivity index (χ3v) is 17.0. The molecule has 6 heteroatoms. The SMILES string of the molecule is c1ccc(-c2nc(-c3cccc([Si](c4ccccc4)(c4ccccc4)c4cccc5c4oc4ccccc45)c3)nc(-c3ccc4sc5ccccc5c4c3)n2)cc1. The zero-order chi connectivity index (χ0) is 37.8. The second kappa shape index (κ2) is 13.6. The monoisotopic (exact) mass is 763 g/mol. The molecule has 0 radical (unpaired) electrons. The number of hydrogen-bond donors (Lipinski definition) is 0. The molecule has 0 aliphatic heterocycles. The Labute approximate surface area is 334 Å². The molecule has 0 atom stereocenters. The standard InChI is InChI=1S/C51H33N3OSSi/c1-4-16-34(17-5-1)49-52-50(54-51(53-49)36-30-31-46-43(33-36)41-25-11-13-28-45(41)56-46)35-18-14-23-39(32-35)57(37-19-6-2-7-20-37,38-21-8-3-9-22-38)47-29-15-26-42-40-24-10-12-27-44(40)55-48(42)47/h1-33H. The summed E-state index contributed by atoms with van der Waals surface area (Å²) in [4.78, 5) is 15.6. The average molecular weight is 764 g/mol. The fourth-order valence-electron chi connectivity index (χ4n) is 8.49. The first kappa shape index (κ1) is 33.4. The van der Waals surface area contributed by atoms with Gasteiger partial charge in [-0.05, 0) is 51.1 Å². The van der Waals surface area contributed by atoms with Gasteiger partial charge in [0, 0.05) is 47.6 Å². The van der Waals surface area contributed by atoms with Crippen LogP contribution in [0.5, 0.6) is 0 Å². The molecule has 0 bridgehead atoms. The van der Waals surface area contributed by atoms with Crippen LogP contribution in [0.2, 0.25) is 0 Å². The molecule has 8 aromatic carbocycles. The van der Waals surface area contributed by atoms with E-state index in [1.165, 1.54) is 40.9 Å². The first-order valence-electron chi connectivity index (χ1n) is 19.1. The molecule has 57 heavy (non-hydrogen) atoms. The number of nitrogens with zero attached hydrogens (tertiary/aromatic N) is 3. The minimum absolute atomic E-state index is 0.627. The molecule has 4 nitrogen and oxygen atoms in total. The minimum atomic E-state index is -3.06. The molecular formula is C51H33N3OSSi. The van der Waals surface area contributed by atoms with Gasteiger partial charge in [0.1, 0.15) is 11.2 Å². The molecule has 0 spiro atoms. The highest BCUT2D eigenvalue weighted by Gasteiger charge is 2.44. The second-order valence-electron chi connectivity index (χ2n) is 14.3. The number of furan rings is 1. The van der Waals surface area contributed by atoms with Gasteiger partial charge in [-0.3, -0.25) is 0 Å². The van der Waals surface area contributed by atoms with Crippen LogP contribution in [0, 0.1) is 0 Å². The van der Waals surface area contributed by atoms with Gasteiger partial charge in [0.15, 0.2) is 25.5 Å². The quantitative estimate of drug-likeness (QED) is 0.120. The third kappa shape index (κ3) is 5.52. The van der Waals surface area contributed by atoms with Crippen LogP contribution >= 0.6 is 11.3 Å².